The number of hydrogen-bond donors (Lipinski definition) is 0. The van der Waals surface area contributed by atoms with E-state index in [1.54, 1.807) is 0 Å². The van der Waals surface area contributed by atoms with Crippen LogP contribution in [0.5, 0.6) is 0 Å². The molecule has 0 radical (unpaired) electrons. The monoisotopic (exact) mass is 706 g/mol. The van der Waals surface area contributed by atoms with Crippen LogP contribution in [0.2, 0.25) is 0 Å². The fourth-order valence-electron chi connectivity index (χ4n) is 9.60. The average molecular weight is 707 g/mol. The Labute approximate surface area is 324 Å². The van der Waals surface area contributed by atoms with Crippen LogP contribution >= 0.6 is 0 Å². The molecular weight excluding hydrogens is 673 g/mol. The smallest absolute Gasteiger partial charge is 0.00203 e. The molecule has 0 saturated heterocycles. The van der Waals surface area contributed by atoms with Gasteiger partial charge in [0, 0.05) is 0 Å². The van der Waals surface area contributed by atoms with E-state index in [0.717, 1.165) is 0 Å². The quantitative estimate of drug-likeness (QED) is 0.160. The Hall–Kier alpha value is -7.28. The first-order valence-electron chi connectivity index (χ1n) is 19.5. The molecule has 0 heteroatoms. The van der Waals surface area contributed by atoms with Crippen molar-refractivity contribution in [3.05, 3.63) is 206 Å². The third-order valence-corrected chi connectivity index (χ3v) is 12.2. The molecule has 0 amide bonds. The Morgan fingerprint density at radius 1 is 0.179 bits per heavy atom. The van der Waals surface area contributed by atoms with E-state index in [0.29, 0.717) is 0 Å². The van der Waals surface area contributed by atoms with Gasteiger partial charge in [-0.3, -0.25) is 0 Å². The van der Waals surface area contributed by atoms with Gasteiger partial charge in [0.1, 0.15) is 0 Å². The molecule has 258 valence electrons. The van der Waals surface area contributed by atoms with E-state index >= 15 is 0 Å². The molecule has 0 aromatic heterocycles. The van der Waals surface area contributed by atoms with Gasteiger partial charge in [-0.25, -0.2) is 0 Å². The molecule has 0 aliphatic rings. The first-order chi connectivity index (χ1) is 27.8. The van der Waals surface area contributed by atoms with E-state index in [1.165, 1.54) is 120 Å². The van der Waals surface area contributed by atoms with Gasteiger partial charge < -0.3 is 0 Å². The first kappa shape index (κ1) is 31.1. The Kier molecular flexibility index (Phi) is 6.73. The van der Waals surface area contributed by atoms with Crippen LogP contribution in [0.1, 0.15) is 0 Å². The summed E-state index contributed by atoms with van der Waals surface area (Å²) in [5, 5.41) is 17.9. The minimum atomic E-state index is 1.24. The van der Waals surface area contributed by atoms with Crippen molar-refractivity contribution in [2.24, 2.45) is 0 Å². The number of benzene rings is 12. The zero-order valence-corrected chi connectivity index (χ0v) is 30.6. The lowest BCUT2D eigenvalue weighted by atomic mass is 9.85. The highest BCUT2D eigenvalue weighted by atomic mass is 14.2. The van der Waals surface area contributed by atoms with E-state index in [4.69, 9.17) is 0 Å². The summed E-state index contributed by atoms with van der Waals surface area (Å²) >= 11 is 0. The molecule has 0 spiro atoms. The summed E-state index contributed by atoms with van der Waals surface area (Å²) in [5.74, 6) is 0. The summed E-state index contributed by atoms with van der Waals surface area (Å²) < 4.78 is 0. The van der Waals surface area contributed by atoms with Gasteiger partial charge in [-0.2, -0.15) is 0 Å². The van der Waals surface area contributed by atoms with Crippen LogP contribution in [-0.4, -0.2) is 0 Å². The van der Waals surface area contributed by atoms with Gasteiger partial charge in [0.15, 0.2) is 0 Å². The van der Waals surface area contributed by atoms with Crippen molar-refractivity contribution in [1.29, 1.82) is 0 Å². The molecule has 0 unspecified atom stereocenters. The molecule has 0 nitrogen and oxygen atoms in total. The number of rotatable bonds is 4. The van der Waals surface area contributed by atoms with E-state index in [2.05, 4.69) is 206 Å². The van der Waals surface area contributed by atoms with Crippen molar-refractivity contribution < 1.29 is 0 Å². The van der Waals surface area contributed by atoms with E-state index in [9.17, 15) is 0 Å². The molecule has 0 N–H and O–H groups in total. The predicted molar refractivity (Wildman–Crippen MR) is 242 cm³/mol. The van der Waals surface area contributed by atoms with Crippen LogP contribution < -0.4 is 0 Å². The second-order valence-corrected chi connectivity index (χ2v) is 15.2. The van der Waals surface area contributed by atoms with Crippen molar-refractivity contribution in [1.82, 2.24) is 0 Å². The summed E-state index contributed by atoms with van der Waals surface area (Å²) in [4.78, 5) is 0. The molecular formula is C56H34. The van der Waals surface area contributed by atoms with Gasteiger partial charge in [-0.15, -0.1) is 0 Å². The molecule has 56 heavy (non-hydrogen) atoms. The molecule has 0 fully saturated rings. The standard InChI is InChI=1S/C56H34/c1-5-17-43-35(11-1)15-9-21-49(43)53-33-41(31-39-13-3-7-19-45(39)53)47-27-23-37-26-30-52-48(28-24-38-25-29-51(47)55(37)56(38)52)42-32-40-14-4-8-20-46(40)54(34-42)50-22-10-16-36-12-2-6-18-44(36)50/h1-34H. The van der Waals surface area contributed by atoms with Crippen LogP contribution in [-0.2, 0) is 0 Å². The molecule has 0 heterocycles. The lowest BCUT2D eigenvalue weighted by molar-refractivity contribution is 1.65. The number of fused-ring (bicyclic) bond motifs is 4. The fraction of sp³-hybridized carbons (Fsp3) is 0. The molecule has 0 bridgehead atoms. The third kappa shape index (κ3) is 4.66. The van der Waals surface area contributed by atoms with Crippen molar-refractivity contribution in [3.8, 4) is 44.5 Å². The van der Waals surface area contributed by atoms with Gasteiger partial charge in [0.2, 0.25) is 0 Å². The second-order valence-electron chi connectivity index (χ2n) is 15.2. The Bertz CT molecular complexity index is 3280. The van der Waals surface area contributed by atoms with E-state index < -0.39 is 0 Å². The molecule has 0 saturated carbocycles. The summed E-state index contributed by atoms with van der Waals surface area (Å²) in [7, 11) is 0. The maximum absolute atomic E-state index is 2.42. The maximum atomic E-state index is 2.42. The molecule has 0 aliphatic heterocycles. The van der Waals surface area contributed by atoms with Crippen molar-refractivity contribution in [2.75, 3.05) is 0 Å². The Balaban J connectivity index is 1.10. The lowest BCUT2D eigenvalue weighted by Crippen LogP contribution is -1.91. The minimum absolute atomic E-state index is 1.24. The summed E-state index contributed by atoms with van der Waals surface area (Å²) in [6, 6.07) is 76.8. The Morgan fingerprint density at radius 3 is 0.982 bits per heavy atom. The van der Waals surface area contributed by atoms with Crippen LogP contribution in [0.15, 0.2) is 206 Å². The highest BCUT2D eigenvalue weighted by molar-refractivity contribution is 6.28. The summed E-state index contributed by atoms with van der Waals surface area (Å²) in [6.07, 6.45) is 0. The van der Waals surface area contributed by atoms with Crippen molar-refractivity contribution >= 4 is 75.4 Å². The third-order valence-electron chi connectivity index (χ3n) is 12.2. The molecule has 12 rings (SSSR count). The Morgan fingerprint density at radius 2 is 0.536 bits per heavy atom. The van der Waals surface area contributed by atoms with Crippen LogP contribution in [0.25, 0.3) is 120 Å². The van der Waals surface area contributed by atoms with Gasteiger partial charge in [0.25, 0.3) is 0 Å². The van der Waals surface area contributed by atoms with E-state index in [1.807, 2.05) is 0 Å². The predicted octanol–water partition coefficient (Wildman–Crippen LogP) is 15.9. The van der Waals surface area contributed by atoms with Crippen molar-refractivity contribution in [3.63, 3.8) is 0 Å². The first-order valence-corrected chi connectivity index (χ1v) is 19.5. The normalized spacial score (nSPS) is 11.9. The van der Waals surface area contributed by atoms with Crippen LogP contribution in [0.3, 0.4) is 0 Å². The van der Waals surface area contributed by atoms with Gasteiger partial charge in [-0.1, -0.05) is 182 Å². The summed E-state index contributed by atoms with van der Waals surface area (Å²) in [5.41, 5.74) is 10.0. The van der Waals surface area contributed by atoms with Crippen molar-refractivity contribution in [2.45, 2.75) is 0 Å². The van der Waals surface area contributed by atoms with Gasteiger partial charge in [-0.05, 0) is 144 Å². The molecule has 0 aliphatic carbocycles. The van der Waals surface area contributed by atoms with Crippen LogP contribution in [0, 0.1) is 0 Å². The maximum Gasteiger partial charge on any atom is -0.00203 e. The average Bonchev–Trinajstić information content (AvgIpc) is 3.27. The van der Waals surface area contributed by atoms with Crippen LogP contribution in [0.4, 0.5) is 0 Å². The second kappa shape index (κ2) is 12.1. The lowest BCUT2D eigenvalue weighted by Gasteiger charge is -2.19. The molecule has 12 aromatic rings. The topological polar surface area (TPSA) is 0 Å². The minimum Gasteiger partial charge on any atom is -0.0616 e. The summed E-state index contributed by atoms with van der Waals surface area (Å²) in [6.45, 7) is 0. The zero-order valence-electron chi connectivity index (χ0n) is 30.6. The highest BCUT2D eigenvalue weighted by Gasteiger charge is 2.18. The van der Waals surface area contributed by atoms with Gasteiger partial charge in [0.05, 0.1) is 0 Å². The zero-order chi connectivity index (χ0) is 36.7. The fourth-order valence-corrected chi connectivity index (χ4v) is 9.60. The van der Waals surface area contributed by atoms with E-state index in [-0.39, 0.29) is 0 Å². The SMILES string of the molecule is c1ccc2c(-c3cc(-c4ccc5ccc6c(-c7cc(-c8cccc9ccccc89)c8ccccc8c7)ccc7ccc4c5c76)cc4ccccc34)cccc2c1. The number of hydrogen-bond acceptors (Lipinski definition) is 0. The molecule has 12 aromatic carbocycles. The highest BCUT2D eigenvalue weighted by Crippen LogP contribution is 2.46. The largest absolute Gasteiger partial charge is 0.0616 e. The van der Waals surface area contributed by atoms with Gasteiger partial charge >= 0.3 is 0 Å². The molecule has 0 atom stereocenters.